The normalized spacial score (nSPS) is 11.0. The molecule has 2 aromatic carbocycles. The summed E-state index contributed by atoms with van der Waals surface area (Å²) in [7, 11) is 0. The van der Waals surface area contributed by atoms with Crippen LogP contribution in [-0.4, -0.2) is 26.3 Å². The highest BCUT2D eigenvalue weighted by molar-refractivity contribution is 5.89. The summed E-state index contributed by atoms with van der Waals surface area (Å²) in [6.07, 6.45) is -0.260. The number of aromatic nitrogens is 2. The first-order valence-corrected chi connectivity index (χ1v) is 9.05. The molecule has 0 aliphatic rings. The quantitative estimate of drug-likeness (QED) is 0.429. The third kappa shape index (κ3) is 3.72. The van der Waals surface area contributed by atoms with E-state index >= 15 is 0 Å². The van der Waals surface area contributed by atoms with Crippen molar-refractivity contribution < 1.29 is 23.9 Å². The molecule has 2 heterocycles. The average Bonchev–Trinajstić information content (AvgIpc) is 3.18. The van der Waals surface area contributed by atoms with Crippen molar-refractivity contribution in [2.24, 2.45) is 0 Å². The lowest BCUT2D eigenvalue weighted by Gasteiger charge is -2.09. The molecule has 30 heavy (non-hydrogen) atoms. The van der Waals surface area contributed by atoms with Crippen LogP contribution >= 0.6 is 0 Å². The number of aromatic hydroxyl groups is 2. The Balaban J connectivity index is 1.49. The van der Waals surface area contributed by atoms with E-state index in [9.17, 15) is 19.8 Å². The van der Waals surface area contributed by atoms with Gasteiger partial charge in [0.1, 0.15) is 17.1 Å². The number of benzene rings is 2. The number of nitrogens with zero attached hydrogens (tertiary/aromatic N) is 2. The summed E-state index contributed by atoms with van der Waals surface area (Å²) in [6, 6.07) is 11.6. The zero-order valence-corrected chi connectivity index (χ0v) is 15.9. The van der Waals surface area contributed by atoms with Crippen molar-refractivity contribution in [3.8, 4) is 22.9 Å². The van der Waals surface area contributed by atoms with Crippen LogP contribution in [0.2, 0.25) is 0 Å². The van der Waals surface area contributed by atoms with Crippen molar-refractivity contribution in [3.63, 3.8) is 0 Å². The fourth-order valence-corrected chi connectivity index (χ4v) is 3.14. The standard InChI is InChI=1S/C21H17N3O6/c1-11-14(21(28)29-16-8-13(25)7-15(26)19(11)16)9-17(27)22-10-18-23-20(24-30-18)12-5-3-2-4-6-12/h2-8,25-26H,9-10H2,1H3,(H,22,27). The second-order valence-electron chi connectivity index (χ2n) is 6.66. The van der Waals surface area contributed by atoms with Gasteiger partial charge in [0.25, 0.3) is 0 Å². The Hall–Kier alpha value is -4.14. The van der Waals surface area contributed by atoms with E-state index in [0.29, 0.717) is 11.4 Å². The van der Waals surface area contributed by atoms with Crippen molar-refractivity contribution in [1.29, 1.82) is 0 Å². The molecule has 0 aliphatic heterocycles. The molecule has 0 fully saturated rings. The van der Waals surface area contributed by atoms with Crippen LogP contribution in [0.15, 0.2) is 56.2 Å². The monoisotopic (exact) mass is 407 g/mol. The van der Waals surface area contributed by atoms with Crippen LogP contribution in [0.25, 0.3) is 22.4 Å². The lowest BCUT2D eigenvalue weighted by atomic mass is 10.0. The molecular formula is C21H17N3O6. The third-order valence-electron chi connectivity index (χ3n) is 4.62. The molecule has 4 rings (SSSR count). The molecule has 0 aliphatic carbocycles. The molecule has 3 N–H and O–H groups in total. The molecule has 0 saturated carbocycles. The first kappa shape index (κ1) is 19.2. The maximum atomic E-state index is 12.4. The Morgan fingerprint density at radius 2 is 1.93 bits per heavy atom. The number of phenolic OH excluding ortho intramolecular Hbond substituents is 2. The van der Waals surface area contributed by atoms with Crippen LogP contribution in [0.5, 0.6) is 11.5 Å². The summed E-state index contributed by atoms with van der Waals surface area (Å²) in [4.78, 5) is 28.9. The van der Waals surface area contributed by atoms with Crippen LogP contribution in [0, 0.1) is 6.92 Å². The van der Waals surface area contributed by atoms with Gasteiger partial charge < -0.3 is 24.5 Å². The summed E-state index contributed by atoms with van der Waals surface area (Å²) in [6.45, 7) is 1.60. The number of carbonyl (C=O) groups excluding carboxylic acids is 1. The summed E-state index contributed by atoms with van der Waals surface area (Å²) in [5, 5.41) is 26.4. The van der Waals surface area contributed by atoms with Crippen molar-refractivity contribution >= 4 is 16.9 Å². The van der Waals surface area contributed by atoms with Crippen molar-refractivity contribution in [3.05, 3.63) is 69.9 Å². The van der Waals surface area contributed by atoms with Crippen molar-refractivity contribution in [2.45, 2.75) is 19.9 Å². The number of rotatable bonds is 5. The number of hydrogen-bond donors (Lipinski definition) is 3. The average molecular weight is 407 g/mol. The topological polar surface area (TPSA) is 139 Å². The van der Waals surface area contributed by atoms with Gasteiger partial charge in [0.05, 0.1) is 23.9 Å². The predicted octanol–water partition coefficient (Wildman–Crippen LogP) is 2.42. The molecule has 0 radical (unpaired) electrons. The van der Waals surface area contributed by atoms with Crippen LogP contribution in [0.1, 0.15) is 17.0 Å². The lowest BCUT2D eigenvalue weighted by Crippen LogP contribution is -2.27. The summed E-state index contributed by atoms with van der Waals surface area (Å²) in [5.41, 5.74) is 0.617. The molecule has 0 saturated heterocycles. The zero-order chi connectivity index (χ0) is 21.3. The van der Waals surface area contributed by atoms with Crippen LogP contribution in [0.4, 0.5) is 0 Å². The Morgan fingerprint density at radius 1 is 1.17 bits per heavy atom. The van der Waals surface area contributed by atoms with Crippen LogP contribution < -0.4 is 10.9 Å². The number of amides is 1. The lowest BCUT2D eigenvalue weighted by molar-refractivity contribution is -0.120. The van der Waals surface area contributed by atoms with Gasteiger partial charge in [0.2, 0.25) is 17.6 Å². The zero-order valence-electron chi connectivity index (χ0n) is 15.9. The number of carbonyl (C=O) groups is 1. The van der Waals surface area contributed by atoms with Gasteiger partial charge in [0.15, 0.2) is 0 Å². The summed E-state index contributed by atoms with van der Waals surface area (Å²) in [5.74, 6) is -0.306. The fraction of sp³-hybridized carbons (Fsp3) is 0.143. The highest BCUT2D eigenvalue weighted by atomic mass is 16.5. The van der Waals surface area contributed by atoms with Gasteiger partial charge in [-0.15, -0.1) is 0 Å². The minimum absolute atomic E-state index is 0.00421. The van der Waals surface area contributed by atoms with E-state index < -0.39 is 11.5 Å². The van der Waals surface area contributed by atoms with E-state index in [2.05, 4.69) is 15.5 Å². The van der Waals surface area contributed by atoms with Gasteiger partial charge in [-0.3, -0.25) is 4.79 Å². The van der Waals surface area contributed by atoms with Crippen LogP contribution in [0.3, 0.4) is 0 Å². The van der Waals surface area contributed by atoms with Gasteiger partial charge in [0, 0.05) is 17.7 Å². The Morgan fingerprint density at radius 3 is 2.70 bits per heavy atom. The van der Waals surface area contributed by atoms with Gasteiger partial charge in [-0.05, 0) is 12.5 Å². The second-order valence-corrected chi connectivity index (χ2v) is 6.66. The predicted molar refractivity (Wildman–Crippen MR) is 106 cm³/mol. The fourth-order valence-electron chi connectivity index (χ4n) is 3.14. The number of phenols is 2. The smallest absolute Gasteiger partial charge is 0.340 e. The van der Waals surface area contributed by atoms with Crippen LogP contribution in [-0.2, 0) is 17.8 Å². The molecule has 9 heteroatoms. The summed E-state index contributed by atoms with van der Waals surface area (Å²) >= 11 is 0. The molecule has 152 valence electrons. The minimum atomic E-state index is -0.718. The Kier molecular flexibility index (Phi) is 4.93. The molecule has 2 aromatic heterocycles. The number of fused-ring (bicyclic) bond motifs is 1. The molecule has 4 aromatic rings. The Bertz CT molecular complexity index is 1290. The van der Waals surface area contributed by atoms with Gasteiger partial charge in [-0.2, -0.15) is 4.98 Å². The van der Waals surface area contributed by atoms with E-state index in [1.807, 2.05) is 30.3 Å². The first-order chi connectivity index (χ1) is 14.4. The van der Waals surface area contributed by atoms with Crippen molar-refractivity contribution in [1.82, 2.24) is 15.5 Å². The molecule has 0 bridgehead atoms. The van der Waals surface area contributed by atoms with E-state index in [1.54, 1.807) is 6.92 Å². The van der Waals surface area contributed by atoms with E-state index in [4.69, 9.17) is 8.94 Å². The maximum Gasteiger partial charge on any atom is 0.340 e. The van der Waals surface area contributed by atoms with E-state index in [-0.39, 0.29) is 46.9 Å². The number of nitrogens with one attached hydrogen (secondary N) is 1. The molecule has 0 unspecified atom stereocenters. The van der Waals surface area contributed by atoms with Gasteiger partial charge in [-0.1, -0.05) is 35.5 Å². The highest BCUT2D eigenvalue weighted by Crippen LogP contribution is 2.32. The first-order valence-electron chi connectivity index (χ1n) is 9.05. The van der Waals surface area contributed by atoms with Gasteiger partial charge >= 0.3 is 5.63 Å². The van der Waals surface area contributed by atoms with E-state index in [1.165, 1.54) is 6.07 Å². The minimum Gasteiger partial charge on any atom is -0.508 e. The van der Waals surface area contributed by atoms with Gasteiger partial charge in [-0.25, -0.2) is 4.79 Å². The number of hydrogen-bond acceptors (Lipinski definition) is 8. The SMILES string of the molecule is Cc1c(CC(=O)NCc2nc(-c3ccccc3)no2)c(=O)oc2cc(O)cc(O)c12. The van der Waals surface area contributed by atoms with E-state index in [0.717, 1.165) is 11.6 Å². The molecule has 0 spiro atoms. The molecule has 1 amide bonds. The Labute approximate surface area is 169 Å². The van der Waals surface area contributed by atoms with Crippen molar-refractivity contribution in [2.75, 3.05) is 0 Å². The largest absolute Gasteiger partial charge is 0.508 e. The highest BCUT2D eigenvalue weighted by Gasteiger charge is 2.18. The molecule has 0 atom stereocenters. The molecular weight excluding hydrogens is 390 g/mol. The third-order valence-corrected chi connectivity index (χ3v) is 4.62. The molecule has 9 nitrogen and oxygen atoms in total. The maximum absolute atomic E-state index is 12.4. The second kappa shape index (κ2) is 7.70. The number of aryl methyl sites for hydroxylation is 1. The summed E-state index contributed by atoms with van der Waals surface area (Å²) < 4.78 is 10.3.